The van der Waals surface area contributed by atoms with Gasteiger partial charge in [0.1, 0.15) is 0 Å². The standard InChI is InChI=1S/C13H20N2OS/c1-3-11-9-14(2)7-4-8-15(11)13-6-5-12(10-16)17-13/h5-6,10-11H,3-4,7-9H2,1-2H3. The molecule has 0 aromatic carbocycles. The Morgan fingerprint density at radius 3 is 2.94 bits per heavy atom. The van der Waals surface area contributed by atoms with Gasteiger partial charge in [-0.3, -0.25) is 4.79 Å². The molecule has 94 valence electrons. The molecule has 0 amide bonds. The van der Waals surface area contributed by atoms with Crippen molar-refractivity contribution >= 4 is 22.6 Å². The van der Waals surface area contributed by atoms with Crippen LogP contribution in [0.4, 0.5) is 5.00 Å². The van der Waals surface area contributed by atoms with Crippen LogP contribution in [0, 0.1) is 0 Å². The van der Waals surface area contributed by atoms with Crippen molar-refractivity contribution in [2.45, 2.75) is 25.8 Å². The summed E-state index contributed by atoms with van der Waals surface area (Å²) in [5.41, 5.74) is 0. The summed E-state index contributed by atoms with van der Waals surface area (Å²) in [6.07, 6.45) is 3.29. The third-order valence-corrected chi connectivity index (χ3v) is 4.43. The molecule has 2 rings (SSSR count). The number of likely N-dealkylation sites (N-methyl/N-ethyl adjacent to an activating group) is 1. The zero-order valence-electron chi connectivity index (χ0n) is 10.6. The van der Waals surface area contributed by atoms with Crippen molar-refractivity contribution in [3.8, 4) is 0 Å². The Hall–Kier alpha value is -0.870. The quantitative estimate of drug-likeness (QED) is 0.772. The Bertz CT molecular complexity index is 377. The molecule has 0 saturated carbocycles. The van der Waals surface area contributed by atoms with Gasteiger partial charge in [0.05, 0.1) is 9.88 Å². The molecule has 0 radical (unpaired) electrons. The van der Waals surface area contributed by atoms with E-state index in [1.807, 2.05) is 6.07 Å². The minimum Gasteiger partial charge on any atom is -0.359 e. The van der Waals surface area contributed by atoms with E-state index < -0.39 is 0 Å². The van der Waals surface area contributed by atoms with Crippen molar-refractivity contribution in [2.24, 2.45) is 0 Å². The number of hydrogen-bond donors (Lipinski definition) is 0. The number of hydrogen-bond acceptors (Lipinski definition) is 4. The van der Waals surface area contributed by atoms with Crippen molar-refractivity contribution in [1.82, 2.24) is 4.90 Å². The summed E-state index contributed by atoms with van der Waals surface area (Å²) in [4.78, 5) is 16.5. The van der Waals surface area contributed by atoms with E-state index in [0.717, 1.165) is 30.7 Å². The first-order valence-corrected chi connectivity index (χ1v) is 7.06. The lowest BCUT2D eigenvalue weighted by Gasteiger charge is -2.30. The van der Waals surface area contributed by atoms with Crippen molar-refractivity contribution in [1.29, 1.82) is 0 Å². The lowest BCUT2D eigenvalue weighted by molar-refractivity contribution is 0.112. The van der Waals surface area contributed by atoms with Gasteiger partial charge in [0.2, 0.25) is 0 Å². The summed E-state index contributed by atoms with van der Waals surface area (Å²) in [6, 6.07) is 4.58. The number of nitrogens with zero attached hydrogens (tertiary/aromatic N) is 2. The molecule has 0 spiro atoms. The molecule has 1 fully saturated rings. The van der Waals surface area contributed by atoms with Gasteiger partial charge in [-0.05, 0) is 38.6 Å². The van der Waals surface area contributed by atoms with E-state index >= 15 is 0 Å². The molecule has 1 atom stereocenters. The Balaban J connectivity index is 2.18. The fraction of sp³-hybridized carbons (Fsp3) is 0.615. The molecule has 4 heteroatoms. The van der Waals surface area contributed by atoms with Crippen LogP contribution in [0.2, 0.25) is 0 Å². The summed E-state index contributed by atoms with van der Waals surface area (Å²) in [6.45, 7) is 5.62. The fourth-order valence-electron chi connectivity index (χ4n) is 2.44. The van der Waals surface area contributed by atoms with E-state index in [1.54, 1.807) is 11.3 Å². The first-order chi connectivity index (χ1) is 8.24. The van der Waals surface area contributed by atoms with Gasteiger partial charge in [-0.1, -0.05) is 6.92 Å². The third kappa shape index (κ3) is 2.87. The summed E-state index contributed by atoms with van der Waals surface area (Å²) in [7, 11) is 2.19. The molecule has 0 N–H and O–H groups in total. The molecule has 1 aromatic rings. The van der Waals surface area contributed by atoms with E-state index in [1.165, 1.54) is 18.0 Å². The van der Waals surface area contributed by atoms with E-state index in [0.29, 0.717) is 6.04 Å². The lowest BCUT2D eigenvalue weighted by Crippen LogP contribution is -2.39. The molecule has 0 bridgehead atoms. The Kier molecular flexibility index (Phi) is 4.18. The SMILES string of the molecule is CCC1CN(C)CCCN1c1ccc(C=O)s1. The van der Waals surface area contributed by atoms with Gasteiger partial charge < -0.3 is 9.80 Å². The predicted octanol–water partition coefficient (Wildman–Crippen LogP) is 2.48. The van der Waals surface area contributed by atoms with Crippen LogP contribution in [-0.4, -0.2) is 43.9 Å². The first-order valence-electron chi connectivity index (χ1n) is 6.24. The molecule has 2 heterocycles. The summed E-state index contributed by atoms with van der Waals surface area (Å²) >= 11 is 1.61. The Morgan fingerprint density at radius 1 is 1.47 bits per heavy atom. The van der Waals surface area contributed by atoms with E-state index in [9.17, 15) is 4.79 Å². The molecule has 3 nitrogen and oxygen atoms in total. The number of carbonyl (C=O) groups is 1. The largest absolute Gasteiger partial charge is 0.359 e. The highest BCUT2D eigenvalue weighted by atomic mass is 32.1. The average molecular weight is 252 g/mol. The Morgan fingerprint density at radius 2 is 2.29 bits per heavy atom. The van der Waals surface area contributed by atoms with Gasteiger partial charge in [0.15, 0.2) is 6.29 Å². The van der Waals surface area contributed by atoms with Crippen LogP contribution in [0.3, 0.4) is 0 Å². The highest BCUT2D eigenvalue weighted by molar-refractivity contribution is 7.17. The summed E-state index contributed by atoms with van der Waals surface area (Å²) < 4.78 is 0. The van der Waals surface area contributed by atoms with Crippen molar-refractivity contribution in [3.63, 3.8) is 0 Å². The van der Waals surface area contributed by atoms with E-state index in [-0.39, 0.29) is 0 Å². The number of anilines is 1. The fourth-order valence-corrected chi connectivity index (χ4v) is 3.36. The minimum atomic E-state index is 0.570. The van der Waals surface area contributed by atoms with Gasteiger partial charge in [0.25, 0.3) is 0 Å². The second-order valence-corrected chi connectivity index (χ2v) is 5.76. The van der Waals surface area contributed by atoms with Gasteiger partial charge in [-0.2, -0.15) is 0 Å². The second kappa shape index (κ2) is 5.65. The minimum absolute atomic E-state index is 0.570. The van der Waals surface area contributed by atoms with Crippen LogP contribution in [0.15, 0.2) is 12.1 Å². The van der Waals surface area contributed by atoms with Gasteiger partial charge in [-0.15, -0.1) is 11.3 Å². The molecule has 1 aliphatic heterocycles. The molecule has 1 aromatic heterocycles. The van der Waals surface area contributed by atoms with Crippen LogP contribution in [0.25, 0.3) is 0 Å². The van der Waals surface area contributed by atoms with Crippen molar-refractivity contribution in [2.75, 3.05) is 31.6 Å². The molecule has 0 aliphatic carbocycles. The van der Waals surface area contributed by atoms with Crippen LogP contribution >= 0.6 is 11.3 Å². The number of aldehydes is 1. The predicted molar refractivity (Wildman–Crippen MR) is 73.2 cm³/mol. The van der Waals surface area contributed by atoms with Gasteiger partial charge in [-0.25, -0.2) is 0 Å². The number of thiophene rings is 1. The number of carbonyl (C=O) groups excluding carboxylic acids is 1. The molecule has 1 unspecified atom stereocenters. The van der Waals surface area contributed by atoms with Crippen molar-refractivity contribution < 1.29 is 4.79 Å². The molecular weight excluding hydrogens is 232 g/mol. The maximum atomic E-state index is 10.8. The van der Waals surface area contributed by atoms with Crippen LogP contribution in [0.5, 0.6) is 0 Å². The zero-order valence-corrected chi connectivity index (χ0v) is 11.4. The first kappa shape index (κ1) is 12.6. The normalized spacial score (nSPS) is 22.5. The average Bonchev–Trinajstić information content (AvgIpc) is 2.73. The lowest BCUT2D eigenvalue weighted by atomic mass is 10.2. The number of rotatable bonds is 3. The zero-order chi connectivity index (χ0) is 12.3. The molecular formula is C13H20N2OS. The van der Waals surface area contributed by atoms with Gasteiger partial charge >= 0.3 is 0 Å². The van der Waals surface area contributed by atoms with E-state index in [4.69, 9.17) is 0 Å². The Labute approximate surface area is 107 Å². The van der Waals surface area contributed by atoms with Crippen LogP contribution < -0.4 is 4.90 Å². The van der Waals surface area contributed by atoms with Gasteiger partial charge in [0, 0.05) is 19.1 Å². The monoisotopic (exact) mass is 252 g/mol. The molecule has 1 aliphatic rings. The summed E-state index contributed by atoms with van der Waals surface area (Å²) in [5, 5.41) is 1.24. The summed E-state index contributed by atoms with van der Waals surface area (Å²) in [5.74, 6) is 0. The van der Waals surface area contributed by atoms with E-state index in [2.05, 4.69) is 29.8 Å². The molecule has 1 saturated heterocycles. The second-order valence-electron chi connectivity index (χ2n) is 4.67. The highest BCUT2D eigenvalue weighted by Crippen LogP contribution is 2.29. The maximum Gasteiger partial charge on any atom is 0.160 e. The maximum absolute atomic E-state index is 10.8. The highest BCUT2D eigenvalue weighted by Gasteiger charge is 2.23. The topological polar surface area (TPSA) is 23.6 Å². The third-order valence-electron chi connectivity index (χ3n) is 3.39. The van der Waals surface area contributed by atoms with Crippen molar-refractivity contribution in [3.05, 3.63) is 17.0 Å². The van der Waals surface area contributed by atoms with Crippen LogP contribution in [0.1, 0.15) is 29.4 Å². The smallest absolute Gasteiger partial charge is 0.160 e. The van der Waals surface area contributed by atoms with Crippen LogP contribution in [-0.2, 0) is 0 Å². The molecule has 17 heavy (non-hydrogen) atoms.